The maximum atomic E-state index is 13.9. The number of nitriles is 1. The molecule has 0 radical (unpaired) electrons. The maximum Gasteiger partial charge on any atom is 0.254 e. The van der Waals surface area contributed by atoms with Crippen molar-refractivity contribution in [3.63, 3.8) is 0 Å². The summed E-state index contributed by atoms with van der Waals surface area (Å²) in [6, 6.07) is 12.1. The summed E-state index contributed by atoms with van der Waals surface area (Å²) in [5.41, 5.74) is 1.92. The molecule has 0 unspecified atom stereocenters. The van der Waals surface area contributed by atoms with Crippen LogP contribution >= 0.6 is 0 Å². The second kappa shape index (κ2) is 10.4. The van der Waals surface area contributed by atoms with Crippen LogP contribution in [0.15, 0.2) is 47.4 Å². The van der Waals surface area contributed by atoms with Gasteiger partial charge in [-0.2, -0.15) is 5.26 Å². The standard InChI is InChI=1S/C30H33FN2O4/c1-18-12-22(31)13-19(2)29(18)37-26-11-8-21(30(3,4)35)14-24(26)25-17-33(5)28(34)15-27(25)36-23-9-6-20(16-32)7-10-23/h8,11-15,17,20,23,35H,6-7,9-10H2,1-5H3. The lowest BCUT2D eigenvalue weighted by Gasteiger charge is -2.27. The van der Waals surface area contributed by atoms with E-state index in [9.17, 15) is 19.6 Å². The molecule has 1 aromatic heterocycles. The van der Waals surface area contributed by atoms with Crippen molar-refractivity contribution in [3.05, 3.63) is 75.5 Å². The molecule has 3 aromatic rings. The second-order valence-corrected chi connectivity index (χ2v) is 10.5. The molecule has 194 valence electrons. The van der Waals surface area contributed by atoms with Crippen LogP contribution in [0, 0.1) is 36.9 Å². The van der Waals surface area contributed by atoms with E-state index in [1.54, 1.807) is 53.1 Å². The van der Waals surface area contributed by atoms with Crippen molar-refractivity contribution in [2.75, 3.05) is 0 Å². The lowest BCUT2D eigenvalue weighted by Crippen LogP contribution is -2.25. The second-order valence-electron chi connectivity index (χ2n) is 10.5. The van der Waals surface area contributed by atoms with Crippen molar-refractivity contribution in [2.45, 2.75) is 65.1 Å². The molecule has 0 spiro atoms. The van der Waals surface area contributed by atoms with Crippen LogP contribution in [0.4, 0.5) is 4.39 Å². The number of ether oxygens (including phenoxy) is 2. The van der Waals surface area contributed by atoms with Gasteiger partial charge in [0, 0.05) is 36.4 Å². The molecular weight excluding hydrogens is 471 g/mol. The van der Waals surface area contributed by atoms with Crippen molar-refractivity contribution in [3.8, 4) is 34.4 Å². The Morgan fingerprint density at radius 1 is 1.03 bits per heavy atom. The Bertz CT molecular complexity index is 1380. The van der Waals surface area contributed by atoms with Crippen LogP contribution < -0.4 is 15.0 Å². The number of pyridine rings is 1. The van der Waals surface area contributed by atoms with Gasteiger partial charge >= 0.3 is 0 Å². The average Bonchev–Trinajstić information content (AvgIpc) is 2.83. The topological polar surface area (TPSA) is 84.5 Å². The van der Waals surface area contributed by atoms with Gasteiger partial charge in [-0.3, -0.25) is 4.79 Å². The molecule has 1 N–H and O–H groups in total. The van der Waals surface area contributed by atoms with E-state index < -0.39 is 5.60 Å². The third-order valence-electron chi connectivity index (χ3n) is 6.95. The van der Waals surface area contributed by atoms with Crippen LogP contribution in [0.5, 0.6) is 17.2 Å². The Hall–Kier alpha value is -3.63. The van der Waals surface area contributed by atoms with Crippen LogP contribution in [0.3, 0.4) is 0 Å². The summed E-state index contributed by atoms with van der Waals surface area (Å²) in [5, 5.41) is 20.0. The summed E-state index contributed by atoms with van der Waals surface area (Å²) < 4.78 is 28.1. The van der Waals surface area contributed by atoms with E-state index in [0.717, 1.165) is 25.7 Å². The van der Waals surface area contributed by atoms with Crippen molar-refractivity contribution < 1.29 is 19.0 Å². The first-order chi connectivity index (χ1) is 17.5. The molecule has 1 fully saturated rings. The average molecular weight is 505 g/mol. The van der Waals surface area contributed by atoms with Crippen molar-refractivity contribution in [1.82, 2.24) is 4.57 Å². The number of benzene rings is 2. The molecule has 7 heteroatoms. The molecule has 1 heterocycles. The highest BCUT2D eigenvalue weighted by Gasteiger charge is 2.26. The van der Waals surface area contributed by atoms with Gasteiger partial charge in [0.05, 0.1) is 17.8 Å². The van der Waals surface area contributed by atoms with Gasteiger partial charge in [-0.1, -0.05) is 6.07 Å². The number of hydrogen-bond donors (Lipinski definition) is 1. The minimum absolute atomic E-state index is 0.0358. The number of aryl methyl sites for hydroxylation is 3. The molecule has 1 aliphatic carbocycles. The smallest absolute Gasteiger partial charge is 0.254 e. The van der Waals surface area contributed by atoms with Crippen LogP contribution in [0.25, 0.3) is 11.1 Å². The molecule has 0 aliphatic heterocycles. The van der Waals surface area contributed by atoms with Gasteiger partial charge in [0.2, 0.25) is 0 Å². The Morgan fingerprint density at radius 2 is 1.68 bits per heavy atom. The summed E-state index contributed by atoms with van der Waals surface area (Å²) in [6.45, 7) is 6.97. The Kier molecular flexibility index (Phi) is 7.42. The fourth-order valence-corrected chi connectivity index (χ4v) is 4.78. The van der Waals surface area contributed by atoms with Crippen molar-refractivity contribution in [2.24, 2.45) is 13.0 Å². The largest absolute Gasteiger partial charge is 0.490 e. The number of nitrogens with zero attached hydrogens (tertiary/aromatic N) is 2. The van der Waals surface area contributed by atoms with Gasteiger partial charge in [0.15, 0.2) is 0 Å². The molecule has 1 aliphatic rings. The molecule has 37 heavy (non-hydrogen) atoms. The zero-order valence-corrected chi connectivity index (χ0v) is 22.0. The Balaban J connectivity index is 1.83. The van der Waals surface area contributed by atoms with E-state index in [1.165, 1.54) is 22.8 Å². The van der Waals surface area contributed by atoms with E-state index in [1.807, 2.05) is 6.07 Å². The highest BCUT2D eigenvalue weighted by molar-refractivity contribution is 5.76. The maximum absolute atomic E-state index is 13.9. The van der Waals surface area contributed by atoms with Gasteiger partial charge in [-0.05, 0) is 94.3 Å². The number of hydrogen-bond acceptors (Lipinski definition) is 5. The summed E-state index contributed by atoms with van der Waals surface area (Å²) in [7, 11) is 1.67. The van der Waals surface area contributed by atoms with Crippen LogP contribution in [0.2, 0.25) is 0 Å². The molecule has 0 amide bonds. The summed E-state index contributed by atoms with van der Waals surface area (Å²) >= 11 is 0. The lowest BCUT2D eigenvalue weighted by molar-refractivity contribution is 0.0786. The quantitative estimate of drug-likeness (QED) is 0.427. The zero-order valence-electron chi connectivity index (χ0n) is 22.0. The molecular formula is C30H33FN2O4. The Labute approximate surface area is 216 Å². The zero-order chi connectivity index (χ0) is 26.9. The van der Waals surface area contributed by atoms with Gasteiger partial charge < -0.3 is 19.1 Å². The van der Waals surface area contributed by atoms with E-state index in [4.69, 9.17) is 9.47 Å². The summed E-state index contributed by atoms with van der Waals surface area (Å²) in [6.07, 6.45) is 4.57. The van der Waals surface area contributed by atoms with Gasteiger partial charge in [-0.15, -0.1) is 0 Å². The Morgan fingerprint density at radius 3 is 2.27 bits per heavy atom. The predicted octanol–water partition coefficient (Wildman–Crippen LogP) is 6.29. The van der Waals surface area contributed by atoms with Crippen LogP contribution in [-0.4, -0.2) is 15.8 Å². The monoisotopic (exact) mass is 504 g/mol. The SMILES string of the molecule is Cc1cc(F)cc(C)c1Oc1ccc(C(C)(C)O)cc1-c1cn(C)c(=O)cc1OC1CCC(C#N)CC1. The van der Waals surface area contributed by atoms with Gasteiger partial charge in [0.1, 0.15) is 23.1 Å². The first-order valence-electron chi connectivity index (χ1n) is 12.5. The number of halogens is 1. The molecule has 4 rings (SSSR count). The third kappa shape index (κ3) is 5.86. The van der Waals surface area contributed by atoms with E-state index in [0.29, 0.717) is 45.1 Å². The number of aromatic nitrogens is 1. The van der Waals surface area contributed by atoms with E-state index >= 15 is 0 Å². The number of aliphatic hydroxyl groups is 1. The fraction of sp³-hybridized carbons (Fsp3) is 0.400. The summed E-state index contributed by atoms with van der Waals surface area (Å²) in [4.78, 5) is 12.6. The predicted molar refractivity (Wildman–Crippen MR) is 140 cm³/mol. The van der Waals surface area contributed by atoms with Gasteiger partial charge in [-0.25, -0.2) is 4.39 Å². The molecule has 1 saturated carbocycles. The van der Waals surface area contributed by atoms with Crippen molar-refractivity contribution >= 4 is 0 Å². The first-order valence-corrected chi connectivity index (χ1v) is 12.5. The molecule has 0 atom stereocenters. The minimum Gasteiger partial charge on any atom is -0.490 e. The van der Waals surface area contributed by atoms with E-state index in [-0.39, 0.29) is 23.4 Å². The molecule has 0 bridgehead atoms. The van der Waals surface area contributed by atoms with Crippen molar-refractivity contribution in [1.29, 1.82) is 5.26 Å². The normalized spacial score (nSPS) is 17.8. The van der Waals surface area contributed by atoms with Crippen LogP contribution in [-0.2, 0) is 12.6 Å². The highest BCUT2D eigenvalue weighted by atomic mass is 19.1. The fourth-order valence-electron chi connectivity index (χ4n) is 4.78. The first kappa shape index (κ1) is 26.4. The van der Waals surface area contributed by atoms with Crippen LogP contribution in [0.1, 0.15) is 56.2 Å². The number of rotatable bonds is 6. The lowest BCUT2D eigenvalue weighted by atomic mass is 9.88. The summed E-state index contributed by atoms with van der Waals surface area (Å²) in [5.74, 6) is 1.16. The minimum atomic E-state index is -1.12. The molecule has 2 aromatic carbocycles. The van der Waals surface area contributed by atoms with Gasteiger partial charge in [0.25, 0.3) is 5.56 Å². The molecule has 6 nitrogen and oxygen atoms in total. The van der Waals surface area contributed by atoms with E-state index in [2.05, 4.69) is 6.07 Å². The molecule has 0 saturated heterocycles. The third-order valence-corrected chi connectivity index (χ3v) is 6.95. The highest BCUT2D eigenvalue weighted by Crippen LogP contribution is 2.42.